The maximum absolute atomic E-state index is 11.2. The van der Waals surface area contributed by atoms with E-state index in [1.54, 1.807) is 7.05 Å². The molecule has 0 bridgehead atoms. The Morgan fingerprint density at radius 1 is 1.36 bits per heavy atom. The van der Waals surface area contributed by atoms with Gasteiger partial charge < -0.3 is 10.6 Å². The molecule has 0 heterocycles. The first kappa shape index (κ1) is 11.5. The Balaban J connectivity index is 2.19. The van der Waals surface area contributed by atoms with Crippen LogP contribution in [0.2, 0.25) is 0 Å². The van der Waals surface area contributed by atoms with E-state index in [-0.39, 0.29) is 5.91 Å². The van der Waals surface area contributed by atoms with Crippen LogP contribution in [-0.4, -0.2) is 26.0 Å². The van der Waals surface area contributed by atoms with Crippen molar-refractivity contribution in [2.75, 3.05) is 20.1 Å². The van der Waals surface area contributed by atoms with E-state index in [1.165, 1.54) is 25.7 Å². The highest BCUT2D eigenvalue weighted by Gasteiger charge is 2.21. The Labute approximate surface area is 86.6 Å². The van der Waals surface area contributed by atoms with Gasteiger partial charge >= 0.3 is 0 Å². The predicted octanol–water partition coefficient (Wildman–Crippen LogP) is 1.15. The van der Waals surface area contributed by atoms with Crippen molar-refractivity contribution in [1.29, 1.82) is 0 Å². The van der Waals surface area contributed by atoms with Gasteiger partial charge in [-0.1, -0.05) is 26.2 Å². The molecule has 1 aliphatic carbocycles. The van der Waals surface area contributed by atoms with Crippen molar-refractivity contribution >= 4 is 5.91 Å². The van der Waals surface area contributed by atoms with Gasteiger partial charge in [0.2, 0.25) is 5.91 Å². The van der Waals surface area contributed by atoms with Crippen LogP contribution in [0.5, 0.6) is 0 Å². The van der Waals surface area contributed by atoms with Crippen LogP contribution in [0.25, 0.3) is 0 Å². The maximum Gasteiger partial charge on any atom is 0.233 e. The monoisotopic (exact) mass is 198 g/mol. The minimum absolute atomic E-state index is 0.116. The van der Waals surface area contributed by atoms with E-state index in [1.807, 2.05) is 0 Å². The van der Waals surface area contributed by atoms with E-state index in [9.17, 15) is 4.79 Å². The van der Waals surface area contributed by atoms with E-state index >= 15 is 0 Å². The van der Waals surface area contributed by atoms with Crippen molar-refractivity contribution in [1.82, 2.24) is 10.6 Å². The molecule has 0 aromatic heterocycles. The summed E-state index contributed by atoms with van der Waals surface area (Å²) >= 11 is 0. The first-order chi connectivity index (χ1) is 6.74. The molecule has 0 aromatic rings. The van der Waals surface area contributed by atoms with E-state index in [0.29, 0.717) is 12.5 Å². The molecule has 2 unspecified atom stereocenters. The van der Waals surface area contributed by atoms with Gasteiger partial charge in [-0.05, 0) is 25.3 Å². The Hall–Kier alpha value is -0.570. The quantitative estimate of drug-likeness (QED) is 0.711. The van der Waals surface area contributed by atoms with E-state index in [2.05, 4.69) is 17.6 Å². The van der Waals surface area contributed by atoms with Gasteiger partial charge in [0.15, 0.2) is 0 Å². The Bertz CT molecular complexity index is 182. The van der Waals surface area contributed by atoms with Gasteiger partial charge in [-0.2, -0.15) is 0 Å². The summed E-state index contributed by atoms with van der Waals surface area (Å²) in [4.78, 5) is 11.2. The van der Waals surface area contributed by atoms with E-state index < -0.39 is 0 Å². The van der Waals surface area contributed by atoms with Crippen molar-refractivity contribution < 1.29 is 4.79 Å². The summed E-state index contributed by atoms with van der Waals surface area (Å²) in [6.07, 6.45) is 5.30. The molecule has 0 spiro atoms. The van der Waals surface area contributed by atoms with Crippen molar-refractivity contribution in [3.05, 3.63) is 0 Å². The van der Waals surface area contributed by atoms with Crippen LogP contribution < -0.4 is 10.6 Å². The smallest absolute Gasteiger partial charge is 0.233 e. The summed E-state index contributed by atoms with van der Waals surface area (Å²) in [6.45, 7) is 3.59. The van der Waals surface area contributed by atoms with Crippen LogP contribution in [0.3, 0.4) is 0 Å². The lowest BCUT2D eigenvalue weighted by Gasteiger charge is -2.28. The Kier molecular flexibility index (Phi) is 4.94. The molecule has 2 N–H and O–H groups in total. The van der Waals surface area contributed by atoms with E-state index in [4.69, 9.17) is 0 Å². The molecule has 3 nitrogen and oxygen atoms in total. The predicted molar refractivity (Wildman–Crippen MR) is 58.1 cm³/mol. The van der Waals surface area contributed by atoms with Gasteiger partial charge in [0.25, 0.3) is 0 Å². The largest absolute Gasteiger partial charge is 0.355 e. The average Bonchev–Trinajstić information content (AvgIpc) is 2.17. The lowest BCUT2D eigenvalue weighted by atomic mass is 9.80. The molecule has 82 valence electrons. The number of rotatable bonds is 4. The summed E-state index contributed by atoms with van der Waals surface area (Å²) in [6, 6.07) is 0. The zero-order chi connectivity index (χ0) is 10.4. The standard InChI is InChI=1S/C11H22N2O/c1-9-5-3-4-6-10(9)7-13-11(14)8-12-2/h9-10,12H,3-8H2,1-2H3,(H,13,14). The molecule has 1 fully saturated rings. The van der Waals surface area contributed by atoms with Crippen LogP contribution in [0.4, 0.5) is 0 Å². The number of nitrogens with one attached hydrogen (secondary N) is 2. The molecule has 1 aliphatic rings. The van der Waals surface area contributed by atoms with Gasteiger partial charge in [0, 0.05) is 6.54 Å². The Morgan fingerprint density at radius 2 is 2.07 bits per heavy atom. The number of carbonyl (C=O) groups is 1. The zero-order valence-electron chi connectivity index (χ0n) is 9.31. The van der Waals surface area contributed by atoms with Gasteiger partial charge in [-0.25, -0.2) is 0 Å². The average molecular weight is 198 g/mol. The van der Waals surface area contributed by atoms with Crippen molar-refractivity contribution in [3.63, 3.8) is 0 Å². The minimum atomic E-state index is 0.116. The number of hydrogen-bond acceptors (Lipinski definition) is 2. The molecule has 0 saturated heterocycles. The van der Waals surface area contributed by atoms with Crippen LogP contribution in [-0.2, 0) is 4.79 Å². The highest BCUT2D eigenvalue weighted by atomic mass is 16.1. The van der Waals surface area contributed by atoms with Crippen LogP contribution in [0.1, 0.15) is 32.6 Å². The molecular formula is C11H22N2O. The summed E-state index contributed by atoms with van der Waals surface area (Å²) in [5.74, 6) is 1.59. The zero-order valence-corrected chi connectivity index (χ0v) is 9.31. The molecule has 0 radical (unpaired) electrons. The van der Waals surface area contributed by atoms with Crippen LogP contribution >= 0.6 is 0 Å². The maximum atomic E-state index is 11.2. The molecule has 1 saturated carbocycles. The number of amides is 1. The molecule has 0 aliphatic heterocycles. The second kappa shape index (κ2) is 6.02. The summed E-state index contributed by atoms with van der Waals surface area (Å²) < 4.78 is 0. The third kappa shape index (κ3) is 3.66. The summed E-state index contributed by atoms with van der Waals surface area (Å²) in [5, 5.41) is 5.84. The molecule has 3 heteroatoms. The normalized spacial score (nSPS) is 27.3. The number of likely N-dealkylation sites (N-methyl/N-ethyl adjacent to an activating group) is 1. The first-order valence-electron chi connectivity index (χ1n) is 5.65. The van der Waals surface area contributed by atoms with Crippen LogP contribution in [0, 0.1) is 11.8 Å². The second-order valence-corrected chi connectivity index (χ2v) is 4.36. The lowest BCUT2D eigenvalue weighted by Crippen LogP contribution is -2.37. The summed E-state index contributed by atoms with van der Waals surface area (Å²) in [5.41, 5.74) is 0. The second-order valence-electron chi connectivity index (χ2n) is 4.36. The van der Waals surface area contributed by atoms with Gasteiger partial charge in [0.05, 0.1) is 6.54 Å². The van der Waals surface area contributed by atoms with E-state index in [0.717, 1.165) is 12.5 Å². The van der Waals surface area contributed by atoms with Gasteiger partial charge in [-0.3, -0.25) is 4.79 Å². The Morgan fingerprint density at radius 3 is 2.71 bits per heavy atom. The molecule has 0 aromatic carbocycles. The minimum Gasteiger partial charge on any atom is -0.355 e. The third-order valence-corrected chi connectivity index (χ3v) is 3.19. The van der Waals surface area contributed by atoms with Crippen molar-refractivity contribution in [2.24, 2.45) is 11.8 Å². The highest BCUT2D eigenvalue weighted by molar-refractivity contribution is 5.77. The molecule has 14 heavy (non-hydrogen) atoms. The van der Waals surface area contributed by atoms with Crippen LogP contribution in [0.15, 0.2) is 0 Å². The first-order valence-corrected chi connectivity index (χ1v) is 5.65. The molecule has 1 rings (SSSR count). The lowest BCUT2D eigenvalue weighted by molar-refractivity contribution is -0.120. The van der Waals surface area contributed by atoms with Crippen molar-refractivity contribution in [3.8, 4) is 0 Å². The fourth-order valence-electron chi connectivity index (χ4n) is 2.16. The third-order valence-electron chi connectivity index (χ3n) is 3.19. The fraction of sp³-hybridized carbons (Fsp3) is 0.909. The SMILES string of the molecule is CNCC(=O)NCC1CCCCC1C. The van der Waals surface area contributed by atoms with Gasteiger partial charge in [0.1, 0.15) is 0 Å². The molecule has 1 amide bonds. The number of carbonyl (C=O) groups excluding carboxylic acids is 1. The van der Waals surface area contributed by atoms with Gasteiger partial charge in [-0.15, -0.1) is 0 Å². The fourth-order valence-corrected chi connectivity index (χ4v) is 2.16. The topological polar surface area (TPSA) is 41.1 Å². The summed E-state index contributed by atoms with van der Waals surface area (Å²) in [7, 11) is 1.79. The highest BCUT2D eigenvalue weighted by Crippen LogP contribution is 2.28. The molecule has 2 atom stereocenters. The molecular weight excluding hydrogens is 176 g/mol. The van der Waals surface area contributed by atoms with Crippen molar-refractivity contribution in [2.45, 2.75) is 32.6 Å². The number of hydrogen-bond donors (Lipinski definition) is 2.